The molecular weight excluding hydrogens is 306 g/mol. The first-order valence-electron chi connectivity index (χ1n) is 8.08. The smallest absolute Gasteiger partial charge is 0.239 e. The highest BCUT2D eigenvalue weighted by molar-refractivity contribution is 5.82. The van der Waals surface area contributed by atoms with E-state index in [9.17, 15) is 4.79 Å². The number of nitrogens with zero attached hydrogens (tertiary/aromatic N) is 6. The number of fused-ring (bicyclic) bond motifs is 1. The summed E-state index contributed by atoms with van der Waals surface area (Å²) >= 11 is 0. The molecule has 3 aromatic rings. The summed E-state index contributed by atoms with van der Waals surface area (Å²) in [4.78, 5) is 18.3. The highest BCUT2D eigenvalue weighted by atomic mass is 16.2. The zero-order chi connectivity index (χ0) is 16.7. The number of amides is 1. The Morgan fingerprint density at radius 3 is 2.96 bits per heavy atom. The van der Waals surface area contributed by atoms with Crippen molar-refractivity contribution in [1.29, 1.82) is 0 Å². The molecule has 4 rings (SSSR count). The van der Waals surface area contributed by atoms with E-state index in [-0.39, 0.29) is 5.91 Å². The number of carbonyl (C=O) groups is 1. The lowest BCUT2D eigenvalue weighted by atomic mass is 10.3. The molecule has 1 saturated heterocycles. The number of aryl methyl sites for hydroxylation is 1. The van der Waals surface area contributed by atoms with E-state index >= 15 is 0 Å². The highest BCUT2D eigenvalue weighted by Crippen LogP contribution is 2.26. The molecule has 1 amide bonds. The number of nitrogens with one attached hydrogen (secondary N) is 1. The van der Waals surface area contributed by atoms with E-state index in [4.69, 9.17) is 0 Å². The van der Waals surface area contributed by atoms with Crippen LogP contribution in [0.5, 0.6) is 0 Å². The molecule has 0 aromatic carbocycles. The van der Waals surface area contributed by atoms with Gasteiger partial charge in [-0.15, -0.1) is 10.2 Å². The predicted molar refractivity (Wildman–Crippen MR) is 89.8 cm³/mol. The number of piperazine rings is 1. The van der Waals surface area contributed by atoms with Gasteiger partial charge in [0.15, 0.2) is 5.82 Å². The molecule has 1 aliphatic rings. The van der Waals surface area contributed by atoms with E-state index in [1.54, 1.807) is 0 Å². The average Bonchev–Trinajstić information content (AvgIpc) is 3.14. The second kappa shape index (κ2) is 5.63. The Bertz CT molecular complexity index is 910. The van der Waals surface area contributed by atoms with Gasteiger partial charge in [-0.3, -0.25) is 13.8 Å². The molecule has 1 aliphatic heterocycles. The number of rotatable bonds is 3. The minimum atomic E-state index is 0.0134. The van der Waals surface area contributed by atoms with Gasteiger partial charge >= 0.3 is 0 Å². The number of pyridine rings is 1. The lowest BCUT2D eigenvalue weighted by molar-refractivity contribution is -0.120. The molecular formula is C16H19N7O. The molecule has 0 spiro atoms. The minimum absolute atomic E-state index is 0.0134. The summed E-state index contributed by atoms with van der Waals surface area (Å²) in [5, 5.41) is 11.6. The fourth-order valence-corrected chi connectivity index (χ4v) is 3.19. The topological polar surface area (TPSA) is 80.4 Å². The van der Waals surface area contributed by atoms with Gasteiger partial charge in [-0.05, 0) is 26.0 Å². The molecule has 0 aliphatic carbocycles. The van der Waals surface area contributed by atoms with Crippen molar-refractivity contribution in [2.45, 2.75) is 20.4 Å². The summed E-state index contributed by atoms with van der Waals surface area (Å²) < 4.78 is 4.07. The van der Waals surface area contributed by atoms with Crippen LogP contribution >= 0.6 is 0 Å². The van der Waals surface area contributed by atoms with Crippen LogP contribution in [0.15, 0.2) is 24.4 Å². The van der Waals surface area contributed by atoms with E-state index in [1.165, 1.54) is 0 Å². The predicted octanol–water partition coefficient (Wildman–Crippen LogP) is 0.857. The van der Waals surface area contributed by atoms with Crippen LogP contribution < -0.4 is 10.2 Å². The van der Waals surface area contributed by atoms with E-state index in [2.05, 4.69) is 27.4 Å². The Morgan fingerprint density at radius 1 is 1.29 bits per heavy atom. The molecule has 124 valence electrons. The van der Waals surface area contributed by atoms with Crippen molar-refractivity contribution in [1.82, 2.24) is 29.5 Å². The number of imidazole rings is 1. The van der Waals surface area contributed by atoms with Gasteiger partial charge in [0.2, 0.25) is 11.9 Å². The van der Waals surface area contributed by atoms with Crippen molar-refractivity contribution in [3.05, 3.63) is 30.1 Å². The third-order valence-electron chi connectivity index (χ3n) is 4.28. The van der Waals surface area contributed by atoms with Crippen molar-refractivity contribution in [3.63, 3.8) is 0 Å². The Balaban J connectivity index is 1.84. The number of hydrogen-bond donors (Lipinski definition) is 1. The van der Waals surface area contributed by atoms with Gasteiger partial charge in [-0.2, -0.15) is 0 Å². The van der Waals surface area contributed by atoms with Crippen LogP contribution in [0.25, 0.3) is 17.2 Å². The molecule has 4 heterocycles. The molecule has 1 fully saturated rings. The fraction of sp³-hybridized carbons (Fsp3) is 0.375. The maximum Gasteiger partial charge on any atom is 0.239 e. The molecule has 0 atom stereocenters. The summed E-state index contributed by atoms with van der Waals surface area (Å²) in [5.41, 5.74) is 2.73. The Hall–Kier alpha value is -2.90. The normalized spacial score (nSPS) is 15.1. The van der Waals surface area contributed by atoms with Gasteiger partial charge in [-0.1, -0.05) is 6.07 Å². The summed E-state index contributed by atoms with van der Waals surface area (Å²) in [6, 6.07) is 5.91. The molecule has 0 radical (unpaired) electrons. The second-order valence-corrected chi connectivity index (χ2v) is 5.81. The van der Waals surface area contributed by atoms with E-state index < -0.39 is 0 Å². The third-order valence-corrected chi connectivity index (χ3v) is 4.28. The maximum atomic E-state index is 11.7. The zero-order valence-electron chi connectivity index (χ0n) is 13.7. The van der Waals surface area contributed by atoms with Crippen molar-refractivity contribution in [2.75, 3.05) is 24.5 Å². The highest BCUT2D eigenvalue weighted by Gasteiger charge is 2.25. The molecule has 3 aromatic heterocycles. The maximum absolute atomic E-state index is 11.7. The van der Waals surface area contributed by atoms with Gasteiger partial charge in [-0.25, -0.2) is 4.98 Å². The lowest BCUT2D eigenvalue weighted by Gasteiger charge is -2.27. The SMILES string of the molecule is CCn1c(-c2c(C)nc3ccccn23)nnc1N1CCNC(=O)C1. The Kier molecular flexibility index (Phi) is 3.44. The second-order valence-electron chi connectivity index (χ2n) is 5.81. The molecule has 24 heavy (non-hydrogen) atoms. The number of aromatic nitrogens is 5. The average molecular weight is 325 g/mol. The van der Waals surface area contributed by atoms with Crippen LogP contribution in [0.3, 0.4) is 0 Å². The molecule has 0 unspecified atom stereocenters. The molecule has 1 N–H and O–H groups in total. The Morgan fingerprint density at radius 2 is 2.17 bits per heavy atom. The van der Waals surface area contributed by atoms with Gasteiger partial charge in [0.25, 0.3) is 0 Å². The zero-order valence-corrected chi connectivity index (χ0v) is 13.7. The number of carbonyl (C=O) groups excluding carboxylic acids is 1. The van der Waals surface area contributed by atoms with Crippen LogP contribution in [0.1, 0.15) is 12.6 Å². The first kappa shape index (κ1) is 14.7. The minimum Gasteiger partial charge on any atom is -0.353 e. The van der Waals surface area contributed by atoms with Crippen LogP contribution in [0, 0.1) is 6.92 Å². The van der Waals surface area contributed by atoms with Gasteiger partial charge in [0, 0.05) is 25.8 Å². The third kappa shape index (κ3) is 2.22. The van der Waals surface area contributed by atoms with Crippen molar-refractivity contribution >= 4 is 17.5 Å². The number of anilines is 1. The first-order valence-corrected chi connectivity index (χ1v) is 8.08. The largest absolute Gasteiger partial charge is 0.353 e. The van der Waals surface area contributed by atoms with Gasteiger partial charge in [0.05, 0.1) is 12.2 Å². The van der Waals surface area contributed by atoms with Crippen molar-refractivity contribution in [2.24, 2.45) is 0 Å². The van der Waals surface area contributed by atoms with Crippen molar-refractivity contribution < 1.29 is 4.79 Å². The van der Waals surface area contributed by atoms with E-state index in [0.29, 0.717) is 13.1 Å². The van der Waals surface area contributed by atoms with Crippen LogP contribution in [-0.2, 0) is 11.3 Å². The monoisotopic (exact) mass is 325 g/mol. The van der Waals surface area contributed by atoms with E-state index in [1.807, 2.05) is 45.2 Å². The number of hydrogen-bond acceptors (Lipinski definition) is 5. The van der Waals surface area contributed by atoms with Gasteiger partial charge in [0.1, 0.15) is 11.3 Å². The fourth-order valence-electron chi connectivity index (χ4n) is 3.19. The Labute approximate surface area is 139 Å². The molecule has 8 nitrogen and oxygen atoms in total. The van der Waals surface area contributed by atoms with Crippen molar-refractivity contribution in [3.8, 4) is 11.5 Å². The summed E-state index contributed by atoms with van der Waals surface area (Å²) in [7, 11) is 0. The summed E-state index contributed by atoms with van der Waals surface area (Å²) in [6.07, 6.45) is 1.98. The lowest BCUT2D eigenvalue weighted by Crippen LogP contribution is -2.48. The molecule has 0 saturated carbocycles. The first-order chi connectivity index (χ1) is 11.7. The van der Waals surface area contributed by atoms with Crippen LogP contribution in [0.2, 0.25) is 0 Å². The van der Waals surface area contributed by atoms with Gasteiger partial charge < -0.3 is 10.2 Å². The quantitative estimate of drug-likeness (QED) is 0.772. The van der Waals surface area contributed by atoms with E-state index in [0.717, 1.165) is 41.9 Å². The van der Waals surface area contributed by atoms with Crippen LogP contribution in [0.4, 0.5) is 5.95 Å². The molecule has 8 heteroatoms. The summed E-state index contributed by atoms with van der Waals surface area (Å²) in [5.74, 6) is 1.52. The standard InChI is InChI=1S/C16H19N7O/c1-3-22-15(14-11(2)18-12-6-4-5-8-23(12)14)19-20-16(22)21-9-7-17-13(24)10-21/h4-6,8H,3,7,9-10H2,1-2H3,(H,17,24). The van der Waals surface area contributed by atoms with Crippen LogP contribution in [-0.4, -0.2) is 49.7 Å². The summed E-state index contributed by atoms with van der Waals surface area (Å²) in [6.45, 7) is 6.42. The molecule has 0 bridgehead atoms.